The van der Waals surface area contributed by atoms with Crippen molar-refractivity contribution in [1.29, 1.82) is 0 Å². The second-order valence-electron chi connectivity index (χ2n) is 8.05. The van der Waals surface area contributed by atoms with Gasteiger partial charge in [-0.05, 0) is 42.0 Å². The number of hydrogen-bond acceptors (Lipinski definition) is 9. The first-order valence-corrected chi connectivity index (χ1v) is 11.2. The third-order valence-corrected chi connectivity index (χ3v) is 5.64. The molecule has 4 aromatic rings. The molecule has 178 valence electrons. The molecule has 0 saturated carbocycles. The molecule has 0 bridgehead atoms. The van der Waals surface area contributed by atoms with Crippen molar-refractivity contribution in [2.24, 2.45) is 0 Å². The van der Waals surface area contributed by atoms with E-state index in [4.69, 9.17) is 18.9 Å². The molecule has 0 atom stereocenters. The Bertz CT molecular complexity index is 1400. The van der Waals surface area contributed by atoms with Crippen LogP contribution in [-0.2, 0) is 17.8 Å². The summed E-state index contributed by atoms with van der Waals surface area (Å²) in [6.45, 7) is 1.82. The normalized spacial score (nSPS) is 13.6. The predicted molar refractivity (Wildman–Crippen MR) is 125 cm³/mol. The zero-order valence-electron chi connectivity index (χ0n) is 18.7. The van der Waals surface area contributed by atoms with E-state index in [0.29, 0.717) is 60.7 Å². The lowest BCUT2D eigenvalue weighted by molar-refractivity contribution is -0.116. The second kappa shape index (κ2) is 9.01. The van der Waals surface area contributed by atoms with Crippen LogP contribution in [0.25, 0.3) is 5.65 Å². The summed E-state index contributed by atoms with van der Waals surface area (Å²) in [4.78, 5) is 12.5. The highest BCUT2D eigenvalue weighted by atomic mass is 16.7. The largest absolute Gasteiger partial charge is 0.486 e. The van der Waals surface area contributed by atoms with Crippen molar-refractivity contribution < 1.29 is 23.7 Å². The summed E-state index contributed by atoms with van der Waals surface area (Å²) in [5.74, 6) is 3.92. The van der Waals surface area contributed by atoms with Crippen molar-refractivity contribution >= 4 is 23.1 Å². The lowest BCUT2D eigenvalue weighted by Gasteiger charge is -2.19. The van der Waals surface area contributed by atoms with Gasteiger partial charge >= 0.3 is 0 Å². The molecule has 0 radical (unpaired) electrons. The Morgan fingerprint density at radius 2 is 1.69 bits per heavy atom. The average molecular weight is 474 g/mol. The van der Waals surface area contributed by atoms with Gasteiger partial charge in [0.15, 0.2) is 34.5 Å². The summed E-state index contributed by atoms with van der Waals surface area (Å²) < 4.78 is 23.5. The summed E-state index contributed by atoms with van der Waals surface area (Å²) in [5, 5.41) is 19.1. The van der Waals surface area contributed by atoms with Crippen LogP contribution < -0.4 is 29.6 Å². The lowest BCUT2D eigenvalue weighted by atomic mass is 10.2. The minimum atomic E-state index is -0.143. The molecule has 0 spiro atoms. The van der Waals surface area contributed by atoms with Gasteiger partial charge in [0.25, 0.3) is 0 Å². The Kier molecular flexibility index (Phi) is 5.41. The lowest BCUT2D eigenvalue weighted by Crippen LogP contribution is -2.17. The zero-order chi connectivity index (χ0) is 23.6. The quantitative estimate of drug-likeness (QED) is 0.416. The van der Waals surface area contributed by atoms with Gasteiger partial charge in [-0.1, -0.05) is 6.07 Å². The number of ether oxygens (including phenoxy) is 4. The van der Waals surface area contributed by atoms with Gasteiger partial charge in [-0.15, -0.1) is 15.3 Å². The van der Waals surface area contributed by atoms with Crippen molar-refractivity contribution in [3.05, 3.63) is 59.9 Å². The highest BCUT2D eigenvalue weighted by Crippen LogP contribution is 2.33. The van der Waals surface area contributed by atoms with Gasteiger partial charge in [0.05, 0.1) is 0 Å². The molecule has 1 amide bonds. The van der Waals surface area contributed by atoms with Crippen LogP contribution in [0.15, 0.2) is 48.5 Å². The second-order valence-corrected chi connectivity index (χ2v) is 8.05. The molecule has 4 heterocycles. The standard InChI is InChI=1S/C24H22N6O5/c31-24(26-16-2-4-17-20(12-16)33-10-9-32-17)8-7-23-28-27-22-6-5-21(29-30(22)23)25-13-15-1-3-18-19(11-15)35-14-34-18/h1-6,11-12H,7-10,13-14H2,(H,25,29)(H,26,31). The van der Waals surface area contributed by atoms with Crippen LogP contribution in [0.1, 0.15) is 17.8 Å². The van der Waals surface area contributed by atoms with Gasteiger partial charge < -0.3 is 29.6 Å². The molecule has 11 nitrogen and oxygen atoms in total. The molecule has 6 rings (SSSR count). The van der Waals surface area contributed by atoms with Crippen molar-refractivity contribution in [1.82, 2.24) is 19.8 Å². The van der Waals surface area contributed by atoms with Crippen LogP contribution in [0.3, 0.4) is 0 Å². The van der Waals surface area contributed by atoms with E-state index in [0.717, 1.165) is 17.1 Å². The number of rotatable bonds is 7. The zero-order valence-corrected chi connectivity index (χ0v) is 18.7. The van der Waals surface area contributed by atoms with E-state index < -0.39 is 0 Å². The maximum atomic E-state index is 12.5. The molecule has 2 aliphatic rings. The van der Waals surface area contributed by atoms with Crippen LogP contribution in [0.5, 0.6) is 23.0 Å². The summed E-state index contributed by atoms with van der Waals surface area (Å²) >= 11 is 0. The molecule has 0 fully saturated rings. The number of amides is 1. The SMILES string of the molecule is O=C(CCc1nnc2ccc(NCc3ccc4c(c3)OCO4)nn12)Nc1ccc2c(c1)OCCO2. The number of anilines is 2. The highest BCUT2D eigenvalue weighted by Gasteiger charge is 2.15. The van der Waals surface area contributed by atoms with Crippen molar-refractivity contribution in [2.45, 2.75) is 19.4 Å². The van der Waals surface area contributed by atoms with E-state index in [2.05, 4.69) is 25.9 Å². The average Bonchev–Trinajstić information content (AvgIpc) is 3.52. The Morgan fingerprint density at radius 3 is 2.63 bits per heavy atom. The maximum absolute atomic E-state index is 12.5. The molecule has 0 saturated heterocycles. The van der Waals surface area contributed by atoms with Gasteiger partial charge in [0, 0.05) is 31.1 Å². The third kappa shape index (κ3) is 4.47. The number of carbonyl (C=O) groups excluding carboxylic acids is 1. The Labute approximate surface area is 200 Å². The number of hydrogen-bond donors (Lipinski definition) is 2. The first-order valence-electron chi connectivity index (χ1n) is 11.2. The molecule has 35 heavy (non-hydrogen) atoms. The van der Waals surface area contributed by atoms with Crippen LogP contribution in [-0.4, -0.2) is 45.7 Å². The van der Waals surface area contributed by atoms with Gasteiger partial charge in [-0.3, -0.25) is 4.79 Å². The maximum Gasteiger partial charge on any atom is 0.231 e. The van der Waals surface area contributed by atoms with Gasteiger partial charge in [0.2, 0.25) is 12.7 Å². The number of carbonyl (C=O) groups is 1. The van der Waals surface area contributed by atoms with Crippen LogP contribution in [0.4, 0.5) is 11.5 Å². The fourth-order valence-electron chi connectivity index (χ4n) is 3.90. The molecule has 2 aromatic heterocycles. The molecule has 2 aromatic carbocycles. The molecule has 2 N–H and O–H groups in total. The fourth-order valence-corrected chi connectivity index (χ4v) is 3.90. The first-order chi connectivity index (χ1) is 17.2. The predicted octanol–water partition coefficient (Wildman–Crippen LogP) is 2.81. The van der Waals surface area contributed by atoms with Crippen molar-refractivity contribution in [3.63, 3.8) is 0 Å². The summed E-state index contributed by atoms with van der Waals surface area (Å²) in [6, 6.07) is 14.8. The number of aryl methyl sites for hydroxylation is 1. The minimum absolute atomic E-state index is 0.143. The van der Waals surface area contributed by atoms with Crippen LogP contribution in [0, 0.1) is 0 Å². The molecule has 0 unspecified atom stereocenters. The van der Waals surface area contributed by atoms with E-state index in [9.17, 15) is 4.79 Å². The molecule has 0 aliphatic carbocycles. The Hall–Kier alpha value is -4.54. The summed E-state index contributed by atoms with van der Waals surface area (Å²) in [7, 11) is 0. The number of nitrogens with zero attached hydrogens (tertiary/aromatic N) is 4. The van der Waals surface area contributed by atoms with Gasteiger partial charge in [-0.2, -0.15) is 4.52 Å². The number of nitrogens with one attached hydrogen (secondary N) is 2. The van der Waals surface area contributed by atoms with Crippen LogP contribution >= 0.6 is 0 Å². The van der Waals surface area contributed by atoms with E-state index in [1.165, 1.54) is 0 Å². The first kappa shape index (κ1) is 21.0. The van der Waals surface area contributed by atoms with Gasteiger partial charge in [-0.25, -0.2) is 0 Å². The van der Waals surface area contributed by atoms with Crippen molar-refractivity contribution in [3.8, 4) is 23.0 Å². The van der Waals surface area contributed by atoms with E-state index >= 15 is 0 Å². The monoisotopic (exact) mass is 474 g/mol. The van der Waals surface area contributed by atoms with Gasteiger partial charge in [0.1, 0.15) is 19.0 Å². The Morgan fingerprint density at radius 1 is 0.886 bits per heavy atom. The highest BCUT2D eigenvalue weighted by molar-refractivity contribution is 5.91. The summed E-state index contributed by atoms with van der Waals surface area (Å²) in [6.07, 6.45) is 0.613. The third-order valence-electron chi connectivity index (χ3n) is 5.64. The van der Waals surface area contributed by atoms with E-state index in [-0.39, 0.29) is 19.1 Å². The molecule has 2 aliphatic heterocycles. The molecular weight excluding hydrogens is 452 g/mol. The number of fused-ring (bicyclic) bond motifs is 3. The van der Waals surface area contributed by atoms with E-state index in [1.54, 1.807) is 22.7 Å². The number of benzene rings is 2. The smallest absolute Gasteiger partial charge is 0.231 e. The molecule has 11 heteroatoms. The topological polar surface area (TPSA) is 121 Å². The summed E-state index contributed by atoms with van der Waals surface area (Å²) in [5.41, 5.74) is 2.30. The number of aromatic nitrogens is 4. The Balaban J connectivity index is 1.08. The van der Waals surface area contributed by atoms with Crippen LogP contribution in [0.2, 0.25) is 0 Å². The minimum Gasteiger partial charge on any atom is -0.486 e. The van der Waals surface area contributed by atoms with E-state index in [1.807, 2.05) is 30.3 Å². The fraction of sp³-hybridized carbons (Fsp3) is 0.250. The molecular formula is C24H22N6O5. The van der Waals surface area contributed by atoms with Crippen molar-refractivity contribution in [2.75, 3.05) is 30.6 Å².